The lowest BCUT2D eigenvalue weighted by molar-refractivity contribution is -0.140. The third-order valence-corrected chi connectivity index (χ3v) is 1.74. The van der Waals surface area contributed by atoms with Crippen molar-refractivity contribution in [3.05, 3.63) is 34.1 Å². The molecule has 0 saturated carbocycles. The van der Waals surface area contributed by atoms with Crippen LogP contribution in [-0.2, 0) is 6.18 Å². The maximum atomic E-state index is 12.7. The van der Waals surface area contributed by atoms with Crippen molar-refractivity contribution in [2.24, 2.45) is 0 Å². The van der Waals surface area contributed by atoms with Crippen molar-refractivity contribution in [1.29, 1.82) is 0 Å². The van der Waals surface area contributed by atoms with Gasteiger partial charge in [0.25, 0.3) is 0 Å². The van der Waals surface area contributed by atoms with E-state index in [4.69, 9.17) is 11.6 Å². The monoisotopic (exact) mass is 234 g/mol. The van der Waals surface area contributed by atoms with E-state index in [2.05, 4.69) is 0 Å². The first-order valence-corrected chi connectivity index (χ1v) is 3.53. The lowest BCUT2D eigenvalue weighted by Crippen LogP contribution is -2.10. The molecule has 0 heterocycles. The normalized spacial score (nSPS) is 11.9. The second-order valence-electron chi connectivity index (χ2n) is 2.35. The molecule has 0 spiro atoms. The van der Waals surface area contributed by atoms with E-state index >= 15 is 0 Å². The van der Waals surface area contributed by atoms with Gasteiger partial charge in [0.15, 0.2) is 17.5 Å². The van der Waals surface area contributed by atoms with Crippen LogP contribution in [0.4, 0.5) is 26.3 Å². The molecule has 14 heavy (non-hydrogen) atoms. The summed E-state index contributed by atoms with van der Waals surface area (Å²) in [6.07, 6.45) is -5.11. The molecule has 0 saturated heterocycles. The zero-order chi connectivity index (χ0) is 11.1. The zero-order valence-corrected chi connectivity index (χ0v) is 6.98. The van der Waals surface area contributed by atoms with E-state index in [-0.39, 0.29) is 6.07 Å². The molecule has 0 amide bonds. The van der Waals surface area contributed by atoms with Gasteiger partial charge in [0.1, 0.15) is 5.02 Å². The standard InChI is InChI=1S/C7HClF6/c8-4-5(10)2(7(12,13)14)1-3(9)6(4)11/h1H. The maximum Gasteiger partial charge on any atom is 0.419 e. The van der Waals surface area contributed by atoms with Crippen molar-refractivity contribution in [2.45, 2.75) is 6.18 Å². The molecular weight excluding hydrogens is 234 g/mol. The highest BCUT2D eigenvalue weighted by Crippen LogP contribution is 2.35. The molecule has 0 aliphatic carbocycles. The average Bonchev–Trinajstić information content (AvgIpc) is 2.06. The van der Waals surface area contributed by atoms with Crippen LogP contribution in [0.15, 0.2) is 6.07 Å². The number of rotatable bonds is 0. The Bertz CT molecular complexity index is 369. The van der Waals surface area contributed by atoms with Crippen LogP contribution in [0.2, 0.25) is 5.02 Å². The van der Waals surface area contributed by atoms with E-state index in [0.717, 1.165) is 0 Å². The highest BCUT2D eigenvalue weighted by atomic mass is 35.5. The highest BCUT2D eigenvalue weighted by molar-refractivity contribution is 6.31. The van der Waals surface area contributed by atoms with E-state index in [1.165, 1.54) is 0 Å². The van der Waals surface area contributed by atoms with Gasteiger partial charge in [0.2, 0.25) is 0 Å². The van der Waals surface area contributed by atoms with Gasteiger partial charge in [-0.25, -0.2) is 13.2 Å². The van der Waals surface area contributed by atoms with Crippen LogP contribution in [0.1, 0.15) is 5.56 Å². The Morgan fingerprint density at radius 3 is 1.93 bits per heavy atom. The molecule has 0 N–H and O–H groups in total. The first kappa shape index (κ1) is 11.2. The summed E-state index contributed by atoms with van der Waals surface area (Å²) in [6, 6.07) is -0.281. The third kappa shape index (κ3) is 1.79. The number of alkyl halides is 3. The molecule has 0 fully saturated rings. The maximum absolute atomic E-state index is 12.7. The molecule has 0 aliphatic rings. The van der Waals surface area contributed by atoms with Crippen LogP contribution in [0.3, 0.4) is 0 Å². The molecule has 0 nitrogen and oxygen atoms in total. The minimum atomic E-state index is -5.11. The lowest BCUT2D eigenvalue weighted by atomic mass is 10.2. The summed E-state index contributed by atoms with van der Waals surface area (Å²) in [5.41, 5.74) is -1.93. The predicted molar refractivity (Wildman–Crippen MR) is 36.3 cm³/mol. The quantitative estimate of drug-likeness (QED) is 0.364. The fourth-order valence-corrected chi connectivity index (χ4v) is 0.971. The summed E-state index contributed by atoms with van der Waals surface area (Å²) in [5.74, 6) is -5.70. The molecule has 1 aromatic carbocycles. The predicted octanol–water partition coefficient (Wildman–Crippen LogP) is 3.78. The summed E-state index contributed by atoms with van der Waals surface area (Å²) in [4.78, 5) is 0. The van der Waals surface area contributed by atoms with Crippen LogP contribution in [0.25, 0.3) is 0 Å². The fraction of sp³-hybridized carbons (Fsp3) is 0.143. The van der Waals surface area contributed by atoms with E-state index in [0.29, 0.717) is 0 Å². The molecule has 0 atom stereocenters. The van der Waals surface area contributed by atoms with Crippen LogP contribution in [-0.4, -0.2) is 0 Å². The van der Waals surface area contributed by atoms with E-state index in [1.54, 1.807) is 0 Å². The van der Waals surface area contributed by atoms with Gasteiger partial charge >= 0.3 is 6.18 Å². The molecule has 0 bridgehead atoms. The SMILES string of the molecule is Fc1cc(C(F)(F)F)c(F)c(Cl)c1F. The van der Waals surface area contributed by atoms with Gasteiger partial charge in [0, 0.05) is 0 Å². The zero-order valence-electron chi connectivity index (χ0n) is 6.22. The van der Waals surface area contributed by atoms with Crippen molar-refractivity contribution >= 4 is 11.6 Å². The summed E-state index contributed by atoms with van der Waals surface area (Å²) < 4.78 is 73.4. The number of hydrogen-bond acceptors (Lipinski definition) is 0. The van der Waals surface area contributed by atoms with Crippen molar-refractivity contribution in [3.8, 4) is 0 Å². The molecule has 78 valence electrons. The Kier molecular flexibility index (Phi) is 2.67. The molecule has 0 aromatic heterocycles. The Morgan fingerprint density at radius 1 is 1.00 bits per heavy atom. The minimum absolute atomic E-state index is 0.281. The van der Waals surface area contributed by atoms with Crippen molar-refractivity contribution in [3.63, 3.8) is 0 Å². The lowest BCUT2D eigenvalue weighted by Gasteiger charge is -2.09. The van der Waals surface area contributed by atoms with Gasteiger partial charge < -0.3 is 0 Å². The van der Waals surface area contributed by atoms with Crippen molar-refractivity contribution in [1.82, 2.24) is 0 Å². The van der Waals surface area contributed by atoms with E-state index in [1.807, 2.05) is 0 Å². The molecule has 0 aliphatic heterocycles. The topological polar surface area (TPSA) is 0 Å². The second kappa shape index (κ2) is 3.34. The summed E-state index contributed by atoms with van der Waals surface area (Å²) in [5, 5.41) is -1.50. The van der Waals surface area contributed by atoms with Crippen molar-refractivity contribution < 1.29 is 26.3 Å². The van der Waals surface area contributed by atoms with Gasteiger partial charge in [-0.15, -0.1) is 0 Å². The van der Waals surface area contributed by atoms with Gasteiger partial charge in [0.05, 0.1) is 5.56 Å². The molecule has 0 radical (unpaired) electrons. The van der Waals surface area contributed by atoms with Crippen LogP contribution >= 0.6 is 11.6 Å². The van der Waals surface area contributed by atoms with Gasteiger partial charge in [-0.2, -0.15) is 13.2 Å². The third-order valence-electron chi connectivity index (χ3n) is 1.41. The second-order valence-corrected chi connectivity index (χ2v) is 2.72. The molecule has 0 unspecified atom stereocenters. The van der Waals surface area contributed by atoms with Crippen LogP contribution < -0.4 is 0 Å². The number of benzene rings is 1. The molecule has 7 heteroatoms. The summed E-state index contributed by atoms with van der Waals surface area (Å²) in [7, 11) is 0. The Labute approximate surface area is 79.1 Å². The van der Waals surface area contributed by atoms with Crippen LogP contribution in [0, 0.1) is 17.5 Å². The summed E-state index contributed by atoms with van der Waals surface area (Å²) >= 11 is 4.80. The van der Waals surface area contributed by atoms with E-state index in [9.17, 15) is 26.3 Å². The van der Waals surface area contributed by atoms with Gasteiger partial charge in [-0.3, -0.25) is 0 Å². The Balaban J connectivity index is 3.49. The minimum Gasteiger partial charge on any atom is -0.205 e. The number of halogens is 7. The van der Waals surface area contributed by atoms with Crippen LogP contribution in [0.5, 0.6) is 0 Å². The van der Waals surface area contributed by atoms with Crippen molar-refractivity contribution in [2.75, 3.05) is 0 Å². The molecule has 1 rings (SSSR count). The fourth-order valence-electron chi connectivity index (χ4n) is 0.779. The van der Waals surface area contributed by atoms with Gasteiger partial charge in [-0.1, -0.05) is 11.6 Å². The van der Waals surface area contributed by atoms with E-state index < -0.39 is 34.2 Å². The highest BCUT2D eigenvalue weighted by Gasteiger charge is 2.37. The smallest absolute Gasteiger partial charge is 0.205 e. The molecule has 1 aromatic rings. The van der Waals surface area contributed by atoms with Gasteiger partial charge in [-0.05, 0) is 6.07 Å². The first-order valence-electron chi connectivity index (χ1n) is 3.15. The largest absolute Gasteiger partial charge is 0.419 e. The molecular formula is C7HClF6. The first-order chi connectivity index (χ1) is 6.25. The number of hydrogen-bond donors (Lipinski definition) is 0. The Hall–Kier alpha value is -0.910. The Morgan fingerprint density at radius 2 is 1.50 bits per heavy atom. The summed E-state index contributed by atoms with van der Waals surface area (Å²) in [6.45, 7) is 0. The average molecular weight is 235 g/mol.